The second-order valence-corrected chi connectivity index (χ2v) is 3.96. The molecule has 0 spiro atoms. The van der Waals surface area contributed by atoms with E-state index in [9.17, 15) is 4.79 Å². The monoisotopic (exact) mass is 197 g/mol. The molecule has 0 radical (unpaired) electrons. The number of rotatable bonds is 3. The van der Waals surface area contributed by atoms with Gasteiger partial charge in [0.05, 0.1) is 12.7 Å². The van der Waals surface area contributed by atoms with E-state index in [1.54, 1.807) is 0 Å². The Kier molecular flexibility index (Phi) is 4.14. The molecule has 1 rings (SSSR count). The average Bonchev–Trinajstić information content (AvgIpc) is 2.16. The number of hydrogen-bond donors (Lipinski definition) is 1. The number of methoxy groups -OCH3 is 1. The average molecular weight is 197 g/mol. The summed E-state index contributed by atoms with van der Waals surface area (Å²) in [6.45, 7) is 4.17. The lowest BCUT2D eigenvalue weighted by Gasteiger charge is -2.25. The molecular formula is C11H19NO2. The molecule has 0 heterocycles. The smallest absolute Gasteiger partial charge is 0.335 e. The molecule has 3 nitrogen and oxygen atoms in total. The van der Waals surface area contributed by atoms with Gasteiger partial charge in [0.15, 0.2) is 0 Å². The first-order valence-electron chi connectivity index (χ1n) is 5.19. The van der Waals surface area contributed by atoms with Crippen molar-refractivity contribution < 1.29 is 9.53 Å². The summed E-state index contributed by atoms with van der Waals surface area (Å²) in [6, 6.07) is 0.572. The topological polar surface area (TPSA) is 38.3 Å². The summed E-state index contributed by atoms with van der Waals surface area (Å²) in [4.78, 5) is 11.4. The quantitative estimate of drug-likeness (QED) is 0.699. The van der Waals surface area contributed by atoms with Crippen molar-refractivity contribution in [2.45, 2.75) is 45.2 Å². The van der Waals surface area contributed by atoms with Gasteiger partial charge in [-0.15, -0.1) is 0 Å². The third-order valence-electron chi connectivity index (χ3n) is 2.39. The van der Waals surface area contributed by atoms with Crippen LogP contribution in [-0.4, -0.2) is 25.2 Å². The first-order chi connectivity index (χ1) is 6.65. The maximum atomic E-state index is 11.4. The highest BCUT2D eigenvalue weighted by molar-refractivity contribution is 5.89. The van der Waals surface area contributed by atoms with Crippen molar-refractivity contribution in [1.82, 2.24) is 5.32 Å². The molecule has 1 N–H and O–H groups in total. The zero-order valence-corrected chi connectivity index (χ0v) is 9.17. The lowest BCUT2D eigenvalue weighted by molar-refractivity contribution is -0.136. The fourth-order valence-corrected chi connectivity index (χ4v) is 1.80. The Morgan fingerprint density at radius 3 is 2.93 bits per heavy atom. The Hall–Kier alpha value is -0.830. The fourth-order valence-electron chi connectivity index (χ4n) is 1.80. The summed E-state index contributed by atoms with van der Waals surface area (Å²) in [5.74, 6) is -0.192. The number of nitrogens with one attached hydrogen (secondary N) is 1. The molecule has 0 aromatic carbocycles. The summed E-state index contributed by atoms with van der Waals surface area (Å²) in [7, 11) is 1.43. The molecule has 0 bridgehead atoms. The molecule has 0 unspecified atom stereocenters. The molecule has 0 amide bonds. The van der Waals surface area contributed by atoms with Gasteiger partial charge in [-0.2, -0.15) is 0 Å². The summed E-state index contributed by atoms with van der Waals surface area (Å²) < 4.78 is 4.75. The Balaban J connectivity index is 2.67. The van der Waals surface area contributed by atoms with Gasteiger partial charge in [-0.3, -0.25) is 0 Å². The highest BCUT2D eigenvalue weighted by Gasteiger charge is 2.23. The Morgan fingerprint density at radius 1 is 1.64 bits per heavy atom. The maximum absolute atomic E-state index is 11.4. The van der Waals surface area contributed by atoms with Crippen LogP contribution >= 0.6 is 0 Å². The Morgan fingerprint density at radius 2 is 2.36 bits per heavy atom. The van der Waals surface area contributed by atoms with Gasteiger partial charge < -0.3 is 10.1 Å². The van der Waals surface area contributed by atoms with E-state index >= 15 is 0 Å². The third kappa shape index (κ3) is 2.84. The van der Waals surface area contributed by atoms with E-state index < -0.39 is 0 Å². The van der Waals surface area contributed by atoms with Crippen LogP contribution in [0, 0.1) is 0 Å². The van der Waals surface area contributed by atoms with Crippen LogP contribution in [0.1, 0.15) is 33.1 Å². The summed E-state index contributed by atoms with van der Waals surface area (Å²) in [5, 5.41) is 3.38. The van der Waals surface area contributed by atoms with E-state index in [-0.39, 0.29) is 12.0 Å². The predicted octanol–water partition coefficient (Wildman–Crippen LogP) is 1.64. The standard InChI is InChI=1S/C11H19NO2/c1-8(2)12-10-7-5-4-6-9(10)11(13)14-3/h6,8,10,12H,4-5,7H2,1-3H3/t10-/m0/s1. The zero-order valence-electron chi connectivity index (χ0n) is 9.17. The Labute approximate surface area is 85.5 Å². The number of carbonyl (C=O) groups excluding carboxylic acids is 1. The first-order valence-corrected chi connectivity index (χ1v) is 5.19. The number of carbonyl (C=O) groups is 1. The van der Waals surface area contributed by atoms with Gasteiger partial charge in [-0.05, 0) is 19.3 Å². The molecule has 0 saturated carbocycles. The van der Waals surface area contributed by atoms with Gasteiger partial charge in [0, 0.05) is 12.1 Å². The molecule has 14 heavy (non-hydrogen) atoms. The fraction of sp³-hybridized carbons (Fsp3) is 0.727. The van der Waals surface area contributed by atoms with Crippen LogP contribution in [0.5, 0.6) is 0 Å². The van der Waals surface area contributed by atoms with Crippen LogP contribution in [0.2, 0.25) is 0 Å². The minimum absolute atomic E-state index is 0.177. The molecule has 0 saturated heterocycles. The molecular weight excluding hydrogens is 178 g/mol. The normalized spacial score (nSPS) is 22.0. The van der Waals surface area contributed by atoms with E-state index in [4.69, 9.17) is 4.74 Å². The minimum atomic E-state index is -0.192. The lowest BCUT2D eigenvalue weighted by atomic mass is 9.93. The van der Waals surface area contributed by atoms with Crippen LogP contribution in [0.4, 0.5) is 0 Å². The lowest BCUT2D eigenvalue weighted by Crippen LogP contribution is -2.39. The van der Waals surface area contributed by atoms with E-state index in [0.717, 1.165) is 24.8 Å². The van der Waals surface area contributed by atoms with Crippen molar-refractivity contribution >= 4 is 5.97 Å². The zero-order chi connectivity index (χ0) is 10.6. The van der Waals surface area contributed by atoms with E-state index in [1.807, 2.05) is 6.08 Å². The maximum Gasteiger partial charge on any atom is 0.335 e. The van der Waals surface area contributed by atoms with Crippen LogP contribution in [0.15, 0.2) is 11.6 Å². The van der Waals surface area contributed by atoms with Gasteiger partial charge >= 0.3 is 5.97 Å². The largest absolute Gasteiger partial charge is 0.466 e. The number of allylic oxidation sites excluding steroid dienone is 1. The SMILES string of the molecule is COC(=O)C1=CCCC[C@@H]1NC(C)C. The minimum Gasteiger partial charge on any atom is -0.466 e. The van der Waals surface area contributed by atoms with Gasteiger partial charge in [-0.25, -0.2) is 4.79 Å². The van der Waals surface area contributed by atoms with E-state index in [0.29, 0.717) is 6.04 Å². The summed E-state index contributed by atoms with van der Waals surface area (Å²) in [6.07, 6.45) is 5.15. The summed E-state index contributed by atoms with van der Waals surface area (Å²) in [5.41, 5.74) is 0.799. The molecule has 80 valence electrons. The van der Waals surface area contributed by atoms with Crippen molar-refractivity contribution in [2.24, 2.45) is 0 Å². The molecule has 0 aliphatic heterocycles. The Bertz CT molecular complexity index is 233. The van der Waals surface area contributed by atoms with Crippen LogP contribution in [0.3, 0.4) is 0 Å². The van der Waals surface area contributed by atoms with Crippen molar-refractivity contribution in [3.8, 4) is 0 Å². The van der Waals surface area contributed by atoms with Gasteiger partial charge in [-0.1, -0.05) is 19.9 Å². The first kappa shape index (κ1) is 11.2. The van der Waals surface area contributed by atoms with Crippen LogP contribution in [-0.2, 0) is 9.53 Å². The predicted molar refractivity (Wildman–Crippen MR) is 56.0 cm³/mol. The van der Waals surface area contributed by atoms with Crippen molar-refractivity contribution in [3.63, 3.8) is 0 Å². The molecule has 1 atom stereocenters. The van der Waals surface area contributed by atoms with Gasteiger partial charge in [0.25, 0.3) is 0 Å². The highest BCUT2D eigenvalue weighted by Crippen LogP contribution is 2.19. The van der Waals surface area contributed by atoms with Crippen molar-refractivity contribution in [1.29, 1.82) is 0 Å². The van der Waals surface area contributed by atoms with Gasteiger partial charge in [0.2, 0.25) is 0 Å². The van der Waals surface area contributed by atoms with Crippen molar-refractivity contribution in [2.75, 3.05) is 7.11 Å². The van der Waals surface area contributed by atoms with E-state index in [2.05, 4.69) is 19.2 Å². The van der Waals surface area contributed by atoms with Gasteiger partial charge in [0.1, 0.15) is 0 Å². The molecule has 0 aromatic heterocycles. The number of ether oxygens (including phenoxy) is 1. The molecule has 1 aliphatic carbocycles. The molecule has 1 aliphatic rings. The third-order valence-corrected chi connectivity index (χ3v) is 2.39. The molecule has 0 aromatic rings. The molecule has 3 heteroatoms. The summed E-state index contributed by atoms with van der Waals surface area (Å²) >= 11 is 0. The number of hydrogen-bond acceptors (Lipinski definition) is 3. The van der Waals surface area contributed by atoms with E-state index in [1.165, 1.54) is 7.11 Å². The second-order valence-electron chi connectivity index (χ2n) is 3.96. The van der Waals surface area contributed by atoms with Crippen molar-refractivity contribution in [3.05, 3.63) is 11.6 Å². The second kappa shape index (κ2) is 5.15. The number of esters is 1. The highest BCUT2D eigenvalue weighted by atomic mass is 16.5. The molecule has 0 fully saturated rings. The van der Waals surface area contributed by atoms with Crippen LogP contribution < -0.4 is 5.32 Å². The van der Waals surface area contributed by atoms with Crippen LogP contribution in [0.25, 0.3) is 0 Å².